The van der Waals surface area contributed by atoms with Crippen molar-refractivity contribution in [3.63, 3.8) is 0 Å². The summed E-state index contributed by atoms with van der Waals surface area (Å²) in [5.41, 5.74) is 14.2. The molecule has 0 spiro atoms. The topological polar surface area (TPSA) is 131 Å². The average molecular weight is 324 g/mol. The number of carboxylic acid groups (broad SMARTS) is 1. The fourth-order valence-electron chi connectivity index (χ4n) is 2.72. The first-order valence-electron chi connectivity index (χ1n) is 7.34. The Hall–Kier alpha value is -3.35. The lowest BCUT2D eigenvalue weighted by atomic mass is 9.94. The third-order valence-corrected chi connectivity index (χ3v) is 3.81. The number of hydrogen-bond donors (Lipinski definition) is 4. The summed E-state index contributed by atoms with van der Waals surface area (Å²) in [4.78, 5) is 27.0. The van der Waals surface area contributed by atoms with E-state index in [0.29, 0.717) is 35.3 Å². The summed E-state index contributed by atoms with van der Waals surface area (Å²) in [6.45, 7) is 0. The summed E-state index contributed by atoms with van der Waals surface area (Å²) in [6, 6.07) is 10.1. The highest BCUT2D eigenvalue weighted by Gasteiger charge is 2.18. The van der Waals surface area contributed by atoms with Crippen molar-refractivity contribution in [3.05, 3.63) is 47.5 Å². The van der Waals surface area contributed by atoms with Crippen molar-refractivity contribution in [1.82, 2.24) is 0 Å². The Morgan fingerprint density at radius 2 is 1.92 bits per heavy atom. The van der Waals surface area contributed by atoms with Crippen LogP contribution < -0.4 is 16.8 Å². The molecule has 0 unspecified atom stereocenters. The number of aromatic carboxylic acids is 1. The Morgan fingerprint density at radius 3 is 2.62 bits per heavy atom. The number of nitrogens with two attached hydrogens (primary N) is 2. The average Bonchev–Trinajstić information content (AvgIpc) is 2.53. The lowest BCUT2D eigenvalue weighted by Gasteiger charge is -2.18. The number of fused-ring (bicyclic) bond motifs is 1. The largest absolute Gasteiger partial charge is 0.478 e. The molecule has 3 rings (SSSR count). The van der Waals surface area contributed by atoms with Gasteiger partial charge in [0.1, 0.15) is 0 Å². The molecule has 1 amide bonds. The van der Waals surface area contributed by atoms with Gasteiger partial charge in [0.15, 0.2) is 5.96 Å². The second-order valence-corrected chi connectivity index (χ2v) is 5.49. The van der Waals surface area contributed by atoms with Crippen molar-refractivity contribution < 1.29 is 14.7 Å². The number of amides is 1. The van der Waals surface area contributed by atoms with Gasteiger partial charge in [-0.3, -0.25) is 4.79 Å². The van der Waals surface area contributed by atoms with Crippen LogP contribution in [0.25, 0.3) is 11.1 Å². The van der Waals surface area contributed by atoms with Gasteiger partial charge in [-0.2, -0.15) is 0 Å². The number of hydrogen-bond acceptors (Lipinski definition) is 3. The van der Waals surface area contributed by atoms with Crippen molar-refractivity contribution in [1.29, 1.82) is 0 Å². The molecule has 1 aliphatic heterocycles. The number of carbonyl (C=O) groups is 2. The van der Waals surface area contributed by atoms with E-state index in [1.807, 2.05) is 12.1 Å². The fourth-order valence-corrected chi connectivity index (χ4v) is 2.72. The number of benzene rings is 2. The number of carbonyl (C=O) groups excluding carboxylic acids is 1. The molecule has 0 saturated carbocycles. The number of carboxylic acids is 1. The number of rotatable bonds is 3. The van der Waals surface area contributed by atoms with E-state index < -0.39 is 5.97 Å². The van der Waals surface area contributed by atoms with Crippen LogP contribution in [-0.4, -0.2) is 22.9 Å². The molecule has 0 aliphatic carbocycles. The number of guanidine groups is 1. The van der Waals surface area contributed by atoms with Gasteiger partial charge in [0.25, 0.3) is 0 Å². The van der Waals surface area contributed by atoms with Gasteiger partial charge in [-0.15, -0.1) is 0 Å². The van der Waals surface area contributed by atoms with Crippen LogP contribution in [0.4, 0.5) is 11.4 Å². The Morgan fingerprint density at radius 1 is 1.12 bits per heavy atom. The highest BCUT2D eigenvalue weighted by Crippen LogP contribution is 2.33. The van der Waals surface area contributed by atoms with Crippen molar-refractivity contribution in [2.75, 3.05) is 5.32 Å². The van der Waals surface area contributed by atoms with Crippen LogP contribution >= 0.6 is 0 Å². The summed E-state index contributed by atoms with van der Waals surface area (Å²) in [5.74, 6) is -1.21. The predicted molar refractivity (Wildman–Crippen MR) is 91.3 cm³/mol. The number of nitrogens with one attached hydrogen (secondary N) is 1. The monoisotopic (exact) mass is 324 g/mol. The molecule has 122 valence electrons. The molecule has 7 nitrogen and oxygen atoms in total. The summed E-state index contributed by atoms with van der Waals surface area (Å²) in [7, 11) is 0. The smallest absolute Gasteiger partial charge is 0.336 e. The van der Waals surface area contributed by atoms with E-state index in [2.05, 4.69) is 10.3 Å². The van der Waals surface area contributed by atoms with Gasteiger partial charge >= 0.3 is 5.97 Å². The standard InChI is InChI=1S/C17H16N4O3/c18-17(19)20-11-4-5-12(16(23)24)13(8-11)10-2-1-9-3-6-15(22)21-14(9)7-10/h1-2,4-5,7-8H,3,6H2,(H,21,22)(H,23,24)(H4,18,19,20). The van der Waals surface area contributed by atoms with E-state index >= 15 is 0 Å². The van der Waals surface area contributed by atoms with E-state index in [0.717, 1.165) is 5.56 Å². The van der Waals surface area contributed by atoms with Crippen molar-refractivity contribution in [3.8, 4) is 11.1 Å². The summed E-state index contributed by atoms with van der Waals surface area (Å²) < 4.78 is 0. The first kappa shape index (κ1) is 15.5. The molecule has 0 radical (unpaired) electrons. The van der Waals surface area contributed by atoms with E-state index in [1.54, 1.807) is 12.1 Å². The quantitative estimate of drug-likeness (QED) is 0.505. The number of aliphatic imine (C=N–C) groups is 1. The van der Waals surface area contributed by atoms with E-state index in [4.69, 9.17) is 11.5 Å². The van der Waals surface area contributed by atoms with Gasteiger partial charge in [-0.25, -0.2) is 9.79 Å². The number of anilines is 1. The molecule has 24 heavy (non-hydrogen) atoms. The van der Waals surface area contributed by atoms with Gasteiger partial charge in [0.2, 0.25) is 5.91 Å². The predicted octanol–water partition coefficient (Wildman–Crippen LogP) is 1.84. The first-order chi connectivity index (χ1) is 11.4. The molecular formula is C17H16N4O3. The maximum atomic E-state index is 11.6. The Bertz CT molecular complexity index is 870. The molecular weight excluding hydrogens is 308 g/mol. The van der Waals surface area contributed by atoms with E-state index in [9.17, 15) is 14.7 Å². The molecule has 6 N–H and O–H groups in total. The molecule has 0 aromatic heterocycles. The third-order valence-electron chi connectivity index (χ3n) is 3.81. The summed E-state index contributed by atoms with van der Waals surface area (Å²) >= 11 is 0. The molecule has 2 aromatic carbocycles. The van der Waals surface area contributed by atoms with Crippen LogP contribution in [0, 0.1) is 0 Å². The van der Waals surface area contributed by atoms with Gasteiger partial charge in [-0.05, 0) is 47.4 Å². The van der Waals surface area contributed by atoms with Crippen LogP contribution in [0.1, 0.15) is 22.3 Å². The van der Waals surface area contributed by atoms with Crippen molar-refractivity contribution in [2.24, 2.45) is 16.5 Å². The molecule has 1 aliphatic rings. The molecule has 0 atom stereocenters. The van der Waals surface area contributed by atoms with E-state index in [1.165, 1.54) is 12.1 Å². The molecule has 2 aromatic rings. The zero-order valence-corrected chi connectivity index (χ0v) is 12.7. The lowest BCUT2D eigenvalue weighted by molar-refractivity contribution is -0.116. The summed E-state index contributed by atoms with van der Waals surface area (Å²) in [6.07, 6.45) is 1.12. The summed E-state index contributed by atoms with van der Waals surface area (Å²) in [5, 5.41) is 12.2. The van der Waals surface area contributed by atoms with E-state index in [-0.39, 0.29) is 17.4 Å². The maximum absolute atomic E-state index is 11.6. The Balaban J connectivity index is 2.13. The number of nitrogens with zero attached hydrogens (tertiary/aromatic N) is 1. The molecule has 0 saturated heterocycles. The minimum absolute atomic E-state index is 0.0487. The minimum Gasteiger partial charge on any atom is -0.478 e. The minimum atomic E-state index is -1.05. The van der Waals surface area contributed by atoms with Gasteiger partial charge in [-0.1, -0.05) is 12.1 Å². The van der Waals surface area contributed by atoms with Crippen molar-refractivity contribution >= 4 is 29.2 Å². The van der Waals surface area contributed by atoms with Crippen LogP contribution in [0.15, 0.2) is 41.4 Å². The lowest BCUT2D eigenvalue weighted by Crippen LogP contribution is -2.21. The van der Waals surface area contributed by atoms with Crippen LogP contribution in [-0.2, 0) is 11.2 Å². The fraction of sp³-hybridized carbons (Fsp3) is 0.118. The molecule has 1 heterocycles. The number of aryl methyl sites for hydroxylation is 1. The molecule has 0 fully saturated rings. The normalized spacial score (nSPS) is 12.9. The maximum Gasteiger partial charge on any atom is 0.336 e. The van der Waals surface area contributed by atoms with Gasteiger partial charge in [0.05, 0.1) is 11.3 Å². The van der Waals surface area contributed by atoms with Gasteiger partial charge < -0.3 is 21.9 Å². The Kier molecular flexibility index (Phi) is 3.91. The van der Waals surface area contributed by atoms with Gasteiger partial charge in [0, 0.05) is 12.1 Å². The third kappa shape index (κ3) is 3.05. The molecule has 0 bridgehead atoms. The van der Waals surface area contributed by atoms with Crippen LogP contribution in [0.2, 0.25) is 0 Å². The second-order valence-electron chi connectivity index (χ2n) is 5.49. The second kappa shape index (κ2) is 6.04. The first-order valence-corrected chi connectivity index (χ1v) is 7.34. The Labute approximate surface area is 138 Å². The zero-order chi connectivity index (χ0) is 17.3. The highest BCUT2D eigenvalue weighted by molar-refractivity contribution is 5.99. The molecule has 7 heteroatoms. The van der Waals surface area contributed by atoms with Crippen LogP contribution in [0.3, 0.4) is 0 Å². The zero-order valence-electron chi connectivity index (χ0n) is 12.7. The highest BCUT2D eigenvalue weighted by atomic mass is 16.4. The SMILES string of the molecule is NC(N)=Nc1ccc(C(=O)O)c(-c2ccc3c(c2)NC(=O)CC3)c1. The van der Waals surface area contributed by atoms with Crippen molar-refractivity contribution in [2.45, 2.75) is 12.8 Å². The van der Waals surface area contributed by atoms with Crippen LogP contribution in [0.5, 0.6) is 0 Å².